The number of carbonyl (C=O) groups excluding carboxylic acids is 1. The van der Waals surface area contributed by atoms with E-state index in [-0.39, 0.29) is 23.2 Å². The summed E-state index contributed by atoms with van der Waals surface area (Å²) >= 11 is 0. The summed E-state index contributed by atoms with van der Waals surface area (Å²) in [7, 11) is -3.79. The van der Waals surface area contributed by atoms with Crippen LogP contribution in [0.5, 0.6) is 0 Å². The number of sulfonamides is 1. The van der Waals surface area contributed by atoms with E-state index in [0.717, 1.165) is 18.4 Å². The Balaban J connectivity index is 0.00000280. The second kappa shape index (κ2) is 8.51. The quantitative estimate of drug-likeness (QED) is 0.636. The molecule has 152 valence electrons. The Kier molecular flexibility index (Phi) is 6.75. The number of nitrogens with two attached hydrogens (primary N) is 1. The van der Waals surface area contributed by atoms with Crippen LogP contribution in [0.25, 0.3) is 0 Å². The van der Waals surface area contributed by atoms with Crippen LogP contribution in [0.15, 0.2) is 53.4 Å². The average Bonchev–Trinajstić information content (AvgIpc) is 3.49. The van der Waals surface area contributed by atoms with Crippen molar-refractivity contribution in [2.75, 3.05) is 11.3 Å². The topological polar surface area (TPSA) is 101 Å². The minimum Gasteiger partial charge on any atom is -0.345 e. The van der Waals surface area contributed by atoms with Gasteiger partial charge in [0.25, 0.3) is 15.9 Å². The van der Waals surface area contributed by atoms with Gasteiger partial charge in [0.15, 0.2) is 0 Å². The molecule has 28 heavy (non-hydrogen) atoms. The maximum Gasteiger partial charge on any atom is 0.261 e. The van der Waals surface area contributed by atoms with Crippen molar-refractivity contribution in [1.82, 2.24) is 5.32 Å². The second-order valence-corrected chi connectivity index (χ2v) is 9.03. The first kappa shape index (κ1) is 22.2. The molecule has 4 N–H and O–H groups in total. The molecule has 1 fully saturated rings. The molecular formula is C20H26ClN3O3S. The summed E-state index contributed by atoms with van der Waals surface area (Å²) in [5, 5.41) is 2.98. The summed E-state index contributed by atoms with van der Waals surface area (Å²) in [6, 6.07) is 13.1. The summed E-state index contributed by atoms with van der Waals surface area (Å²) in [4.78, 5) is 12.7. The van der Waals surface area contributed by atoms with Crippen molar-refractivity contribution in [3.8, 4) is 0 Å². The zero-order valence-corrected chi connectivity index (χ0v) is 17.6. The molecule has 6 nitrogen and oxygen atoms in total. The molecule has 0 saturated heterocycles. The highest BCUT2D eigenvalue weighted by Crippen LogP contribution is 2.39. The van der Waals surface area contributed by atoms with Gasteiger partial charge in [0.05, 0.1) is 10.4 Å². The monoisotopic (exact) mass is 423 g/mol. The number of amides is 1. The number of carbonyl (C=O) groups is 1. The van der Waals surface area contributed by atoms with Crippen molar-refractivity contribution in [3.05, 3.63) is 59.7 Å². The molecule has 8 heteroatoms. The van der Waals surface area contributed by atoms with E-state index >= 15 is 0 Å². The van der Waals surface area contributed by atoms with Gasteiger partial charge in [0.2, 0.25) is 0 Å². The van der Waals surface area contributed by atoms with Gasteiger partial charge in [-0.2, -0.15) is 0 Å². The first-order valence-corrected chi connectivity index (χ1v) is 10.4. The predicted molar refractivity (Wildman–Crippen MR) is 113 cm³/mol. The highest BCUT2D eigenvalue weighted by atomic mass is 35.5. The van der Waals surface area contributed by atoms with Crippen LogP contribution < -0.4 is 15.8 Å². The lowest BCUT2D eigenvalue weighted by Crippen LogP contribution is -2.53. The first-order chi connectivity index (χ1) is 12.7. The van der Waals surface area contributed by atoms with Gasteiger partial charge in [-0.1, -0.05) is 23.8 Å². The lowest BCUT2D eigenvalue weighted by Gasteiger charge is -2.29. The van der Waals surface area contributed by atoms with E-state index in [4.69, 9.17) is 5.73 Å². The highest BCUT2D eigenvalue weighted by molar-refractivity contribution is 7.92. The van der Waals surface area contributed by atoms with Crippen LogP contribution in [-0.4, -0.2) is 26.4 Å². The van der Waals surface area contributed by atoms with Gasteiger partial charge in [0, 0.05) is 17.8 Å². The maximum absolute atomic E-state index is 12.7. The number of halogens is 1. The number of aryl methyl sites for hydroxylation is 1. The van der Waals surface area contributed by atoms with E-state index in [2.05, 4.69) is 10.0 Å². The minimum absolute atomic E-state index is 0. The van der Waals surface area contributed by atoms with Crippen molar-refractivity contribution in [2.24, 2.45) is 11.7 Å². The van der Waals surface area contributed by atoms with E-state index in [1.165, 1.54) is 12.1 Å². The zero-order chi connectivity index (χ0) is 19.7. The Morgan fingerprint density at radius 1 is 1.18 bits per heavy atom. The molecule has 1 unspecified atom stereocenters. The van der Waals surface area contributed by atoms with E-state index in [9.17, 15) is 13.2 Å². The second-order valence-electron chi connectivity index (χ2n) is 7.35. The smallest absolute Gasteiger partial charge is 0.261 e. The number of hydrogen-bond acceptors (Lipinski definition) is 4. The van der Waals surface area contributed by atoms with Crippen LogP contribution in [0.1, 0.15) is 35.7 Å². The molecular weight excluding hydrogens is 398 g/mol. The highest BCUT2D eigenvalue weighted by Gasteiger charge is 2.41. The van der Waals surface area contributed by atoms with Crippen LogP contribution in [0, 0.1) is 12.8 Å². The molecule has 0 aromatic heterocycles. The van der Waals surface area contributed by atoms with Gasteiger partial charge < -0.3 is 11.1 Å². The van der Waals surface area contributed by atoms with Crippen molar-refractivity contribution < 1.29 is 13.2 Å². The standard InChI is InChI=1S/C20H25N3O3S.ClH/c1-14-6-10-17(11-7-14)23-27(25,26)18-5-3-4-15(12-18)19(24)22-20(2,13-21)16-8-9-16;/h3-7,10-12,16,23H,8-9,13,21H2,1-2H3,(H,22,24);1H. The number of anilines is 1. The normalized spacial score (nSPS) is 15.8. The van der Waals surface area contributed by atoms with Gasteiger partial charge >= 0.3 is 0 Å². The molecule has 0 bridgehead atoms. The van der Waals surface area contributed by atoms with Crippen LogP contribution in [0.4, 0.5) is 5.69 Å². The van der Waals surface area contributed by atoms with Gasteiger partial charge in [-0.15, -0.1) is 12.4 Å². The van der Waals surface area contributed by atoms with Gasteiger partial charge in [-0.05, 0) is 62.9 Å². The summed E-state index contributed by atoms with van der Waals surface area (Å²) < 4.78 is 27.9. The van der Waals surface area contributed by atoms with Crippen LogP contribution in [0.2, 0.25) is 0 Å². The van der Waals surface area contributed by atoms with Gasteiger partial charge in [-0.3, -0.25) is 9.52 Å². The fourth-order valence-electron chi connectivity index (χ4n) is 3.01. The third kappa shape index (κ3) is 5.04. The summed E-state index contributed by atoms with van der Waals surface area (Å²) in [5.74, 6) is 0.0591. The molecule has 3 rings (SSSR count). The van der Waals surface area contributed by atoms with Gasteiger partial charge in [-0.25, -0.2) is 8.42 Å². The molecule has 1 aliphatic rings. The summed E-state index contributed by atoms with van der Waals surface area (Å²) in [6.07, 6.45) is 2.09. The Morgan fingerprint density at radius 2 is 1.82 bits per heavy atom. The van der Waals surface area contributed by atoms with Crippen LogP contribution in [-0.2, 0) is 10.0 Å². The molecule has 0 radical (unpaired) electrons. The Bertz CT molecular complexity index is 943. The SMILES string of the molecule is Cc1ccc(NS(=O)(=O)c2cccc(C(=O)NC(C)(CN)C3CC3)c2)cc1.Cl. The zero-order valence-electron chi connectivity index (χ0n) is 15.9. The first-order valence-electron chi connectivity index (χ1n) is 8.96. The van der Waals surface area contributed by atoms with Crippen LogP contribution >= 0.6 is 12.4 Å². The van der Waals surface area contributed by atoms with Crippen molar-refractivity contribution in [1.29, 1.82) is 0 Å². The Labute approximate surface area is 172 Å². The number of nitrogens with one attached hydrogen (secondary N) is 2. The number of rotatable bonds is 7. The lowest BCUT2D eigenvalue weighted by atomic mass is 9.95. The van der Waals surface area contributed by atoms with E-state index in [1.807, 2.05) is 26.0 Å². The third-order valence-corrected chi connectivity index (χ3v) is 6.39. The minimum atomic E-state index is -3.79. The Morgan fingerprint density at radius 3 is 2.39 bits per heavy atom. The summed E-state index contributed by atoms with van der Waals surface area (Å²) in [5.41, 5.74) is 7.19. The number of benzene rings is 2. The fraction of sp³-hybridized carbons (Fsp3) is 0.350. The molecule has 1 amide bonds. The van der Waals surface area contributed by atoms with Crippen molar-refractivity contribution in [2.45, 2.75) is 37.1 Å². The van der Waals surface area contributed by atoms with E-state index in [1.54, 1.807) is 24.3 Å². The molecule has 1 saturated carbocycles. The van der Waals surface area contributed by atoms with Gasteiger partial charge in [0.1, 0.15) is 0 Å². The number of hydrogen-bond donors (Lipinski definition) is 3. The van der Waals surface area contributed by atoms with Crippen molar-refractivity contribution >= 4 is 34.0 Å². The van der Waals surface area contributed by atoms with E-state index < -0.39 is 15.6 Å². The molecule has 2 aromatic carbocycles. The third-order valence-electron chi connectivity index (χ3n) is 5.01. The largest absolute Gasteiger partial charge is 0.345 e. The summed E-state index contributed by atoms with van der Waals surface area (Å²) in [6.45, 7) is 4.20. The predicted octanol–water partition coefficient (Wildman–Crippen LogP) is 3.07. The lowest BCUT2D eigenvalue weighted by molar-refractivity contribution is 0.0897. The van der Waals surface area contributed by atoms with Crippen molar-refractivity contribution in [3.63, 3.8) is 0 Å². The van der Waals surface area contributed by atoms with Crippen LogP contribution in [0.3, 0.4) is 0 Å². The molecule has 0 aliphatic heterocycles. The van der Waals surface area contributed by atoms with E-state index in [0.29, 0.717) is 23.7 Å². The average molecular weight is 424 g/mol. The Hall–Kier alpha value is -2.09. The molecule has 0 heterocycles. The fourth-order valence-corrected chi connectivity index (χ4v) is 4.12. The molecule has 2 aromatic rings. The maximum atomic E-state index is 12.7. The molecule has 1 atom stereocenters. The molecule has 1 aliphatic carbocycles. The molecule has 0 spiro atoms.